The molecule has 0 unspecified atom stereocenters. The van der Waals surface area contributed by atoms with Gasteiger partial charge in [0.25, 0.3) is 5.91 Å². The quantitative estimate of drug-likeness (QED) is 0.383. The zero-order valence-electron chi connectivity index (χ0n) is 15.7. The largest absolute Gasteiger partial charge is 0.319 e. The van der Waals surface area contributed by atoms with Gasteiger partial charge in [-0.05, 0) is 42.8 Å². The zero-order chi connectivity index (χ0) is 21.3. The minimum atomic E-state index is -0.469. The van der Waals surface area contributed by atoms with E-state index < -0.39 is 5.91 Å². The molecule has 150 valence electrons. The lowest BCUT2D eigenvalue weighted by Crippen LogP contribution is -2.14. The molecule has 0 aliphatic heterocycles. The van der Waals surface area contributed by atoms with Gasteiger partial charge in [0.05, 0.1) is 15.7 Å². The van der Waals surface area contributed by atoms with Crippen LogP contribution in [0.2, 0.25) is 15.1 Å². The summed E-state index contributed by atoms with van der Waals surface area (Å²) in [4.78, 5) is 17.3. The molecule has 1 N–H and O–H groups in total. The molecule has 0 atom stereocenters. The van der Waals surface area contributed by atoms with Gasteiger partial charge >= 0.3 is 0 Å². The van der Waals surface area contributed by atoms with Crippen LogP contribution in [0.25, 0.3) is 17.1 Å². The molecule has 0 fully saturated rings. The van der Waals surface area contributed by atoms with E-state index in [1.165, 1.54) is 0 Å². The molecule has 0 radical (unpaired) electrons. The number of amides is 1. The Morgan fingerprint density at radius 1 is 0.933 bits per heavy atom. The number of hydrogen-bond acceptors (Lipinski definition) is 3. The number of benzene rings is 3. The summed E-state index contributed by atoms with van der Waals surface area (Å²) in [5.41, 5.74) is 2.99. The van der Waals surface area contributed by atoms with Gasteiger partial charge in [0.2, 0.25) is 5.82 Å². The van der Waals surface area contributed by atoms with E-state index in [9.17, 15) is 4.79 Å². The maximum Gasteiger partial charge on any atom is 0.295 e. The van der Waals surface area contributed by atoms with Gasteiger partial charge in [-0.3, -0.25) is 4.79 Å². The van der Waals surface area contributed by atoms with Crippen LogP contribution in [0.15, 0.2) is 66.7 Å². The maximum absolute atomic E-state index is 12.8. The second kappa shape index (κ2) is 8.48. The fraction of sp³-hybridized carbons (Fsp3) is 0.0455. The van der Waals surface area contributed by atoms with Crippen molar-refractivity contribution in [3.05, 3.63) is 93.2 Å². The number of anilines is 1. The van der Waals surface area contributed by atoms with Crippen molar-refractivity contribution in [2.45, 2.75) is 6.92 Å². The smallest absolute Gasteiger partial charge is 0.295 e. The number of nitrogens with zero attached hydrogens (tertiary/aromatic N) is 3. The lowest BCUT2D eigenvalue weighted by Gasteiger charge is -2.09. The summed E-state index contributed by atoms with van der Waals surface area (Å²) in [5, 5.41) is 8.52. The first-order valence-corrected chi connectivity index (χ1v) is 10.1. The van der Waals surface area contributed by atoms with E-state index in [1.807, 2.05) is 43.3 Å². The van der Waals surface area contributed by atoms with Gasteiger partial charge < -0.3 is 5.32 Å². The number of carbonyl (C=O) groups is 1. The SMILES string of the molecule is Cc1ccc(Cl)cc1-n1nc(C(=O)Nc2ccc(Cl)c(Cl)c2)nc1-c1ccccc1. The number of hydrogen-bond donors (Lipinski definition) is 1. The first-order chi connectivity index (χ1) is 14.4. The van der Waals surface area contributed by atoms with Crippen LogP contribution in [0, 0.1) is 6.92 Å². The third kappa shape index (κ3) is 4.19. The van der Waals surface area contributed by atoms with Crippen molar-refractivity contribution in [3.8, 4) is 17.1 Å². The lowest BCUT2D eigenvalue weighted by atomic mass is 10.2. The molecule has 0 aliphatic carbocycles. The van der Waals surface area contributed by atoms with Crippen molar-refractivity contribution in [1.82, 2.24) is 14.8 Å². The molecule has 1 aromatic heterocycles. The molecule has 3 aromatic carbocycles. The number of aryl methyl sites for hydroxylation is 1. The van der Waals surface area contributed by atoms with Gasteiger partial charge in [0, 0.05) is 16.3 Å². The highest BCUT2D eigenvalue weighted by Crippen LogP contribution is 2.27. The molecule has 0 saturated heterocycles. The van der Waals surface area contributed by atoms with E-state index in [-0.39, 0.29) is 5.82 Å². The number of carbonyl (C=O) groups excluding carboxylic acids is 1. The molecule has 1 amide bonds. The molecule has 0 spiro atoms. The van der Waals surface area contributed by atoms with Crippen LogP contribution in [-0.2, 0) is 0 Å². The second-order valence-electron chi connectivity index (χ2n) is 6.55. The Bertz CT molecular complexity index is 1240. The summed E-state index contributed by atoms with van der Waals surface area (Å²) in [5.74, 6) is 0.0727. The van der Waals surface area contributed by atoms with E-state index in [1.54, 1.807) is 35.0 Å². The topological polar surface area (TPSA) is 59.8 Å². The van der Waals surface area contributed by atoms with Crippen molar-refractivity contribution >= 4 is 46.4 Å². The van der Waals surface area contributed by atoms with Gasteiger partial charge in [-0.1, -0.05) is 71.2 Å². The van der Waals surface area contributed by atoms with E-state index in [0.717, 1.165) is 16.8 Å². The van der Waals surface area contributed by atoms with Crippen LogP contribution >= 0.6 is 34.8 Å². The number of rotatable bonds is 4. The van der Waals surface area contributed by atoms with Crippen LogP contribution in [0.5, 0.6) is 0 Å². The third-order valence-electron chi connectivity index (χ3n) is 4.42. The average Bonchev–Trinajstić information content (AvgIpc) is 3.18. The standard InChI is InChI=1S/C22H15Cl3N4O/c1-13-7-8-15(23)11-19(13)29-21(14-5-3-2-4-6-14)27-20(28-29)22(30)26-16-9-10-17(24)18(25)12-16/h2-12H,1H3,(H,26,30). The zero-order valence-corrected chi connectivity index (χ0v) is 18.0. The van der Waals surface area contributed by atoms with E-state index in [2.05, 4.69) is 15.4 Å². The summed E-state index contributed by atoms with van der Waals surface area (Å²) in [6, 6.07) is 19.8. The van der Waals surface area contributed by atoms with Crippen LogP contribution in [0.4, 0.5) is 5.69 Å². The fourth-order valence-corrected chi connectivity index (χ4v) is 3.39. The molecular formula is C22H15Cl3N4O. The van der Waals surface area contributed by atoms with Crippen LogP contribution in [0.3, 0.4) is 0 Å². The molecule has 4 aromatic rings. The maximum atomic E-state index is 12.8. The third-order valence-corrected chi connectivity index (χ3v) is 5.39. The molecule has 0 bridgehead atoms. The average molecular weight is 458 g/mol. The Hall–Kier alpha value is -2.86. The van der Waals surface area contributed by atoms with Gasteiger partial charge in [-0.25, -0.2) is 9.67 Å². The van der Waals surface area contributed by atoms with Crippen molar-refractivity contribution < 1.29 is 4.79 Å². The first kappa shape index (κ1) is 20.4. The van der Waals surface area contributed by atoms with E-state index in [0.29, 0.717) is 26.6 Å². The van der Waals surface area contributed by atoms with Crippen LogP contribution in [-0.4, -0.2) is 20.7 Å². The van der Waals surface area contributed by atoms with Crippen molar-refractivity contribution in [2.75, 3.05) is 5.32 Å². The van der Waals surface area contributed by atoms with Crippen LogP contribution in [0.1, 0.15) is 16.2 Å². The number of nitrogens with one attached hydrogen (secondary N) is 1. The first-order valence-electron chi connectivity index (χ1n) is 8.98. The number of halogens is 3. The Kier molecular flexibility index (Phi) is 5.77. The number of aromatic nitrogens is 3. The summed E-state index contributed by atoms with van der Waals surface area (Å²) in [7, 11) is 0. The molecule has 0 saturated carbocycles. The van der Waals surface area contributed by atoms with E-state index >= 15 is 0 Å². The fourth-order valence-electron chi connectivity index (χ4n) is 2.92. The normalized spacial score (nSPS) is 10.8. The highest BCUT2D eigenvalue weighted by molar-refractivity contribution is 6.42. The summed E-state index contributed by atoms with van der Waals surface area (Å²) >= 11 is 18.2. The summed E-state index contributed by atoms with van der Waals surface area (Å²) in [6.07, 6.45) is 0. The summed E-state index contributed by atoms with van der Waals surface area (Å²) in [6.45, 7) is 1.94. The minimum Gasteiger partial charge on any atom is -0.319 e. The highest BCUT2D eigenvalue weighted by atomic mass is 35.5. The van der Waals surface area contributed by atoms with Gasteiger partial charge in [0.1, 0.15) is 0 Å². The Morgan fingerprint density at radius 3 is 2.43 bits per heavy atom. The van der Waals surface area contributed by atoms with Crippen molar-refractivity contribution in [1.29, 1.82) is 0 Å². The monoisotopic (exact) mass is 456 g/mol. The van der Waals surface area contributed by atoms with Gasteiger partial charge in [-0.2, -0.15) is 0 Å². The minimum absolute atomic E-state index is 0.0132. The van der Waals surface area contributed by atoms with Gasteiger partial charge in [-0.15, -0.1) is 5.10 Å². The molecule has 5 nitrogen and oxygen atoms in total. The Morgan fingerprint density at radius 2 is 1.70 bits per heavy atom. The Labute approximate surface area is 188 Å². The second-order valence-corrected chi connectivity index (χ2v) is 7.80. The summed E-state index contributed by atoms with van der Waals surface area (Å²) < 4.78 is 1.63. The highest BCUT2D eigenvalue weighted by Gasteiger charge is 2.20. The molecule has 8 heteroatoms. The molecule has 30 heavy (non-hydrogen) atoms. The predicted octanol–water partition coefficient (Wildman–Crippen LogP) is 6.46. The molecular weight excluding hydrogens is 443 g/mol. The van der Waals surface area contributed by atoms with Crippen molar-refractivity contribution in [3.63, 3.8) is 0 Å². The lowest BCUT2D eigenvalue weighted by molar-refractivity contribution is 0.101. The molecule has 1 heterocycles. The van der Waals surface area contributed by atoms with Crippen LogP contribution < -0.4 is 5.32 Å². The van der Waals surface area contributed by atoms with Crippen molar-refractivity contribution in [2.24, 2.45) is 0 Å². The Balaban J connectivity index is 1.78. The van der Waals surface area contributed by atoms with Gasteiger partial charge in [0.15, 0.2) is 5.82 Å². The predicted molar refractivity (Wildman–Crippen MR) is 121 cm³/mol. The molecule has 4 rings (SSSR count). The molecule has 0 aliphatic rings. The van der Waals surface area contributed by atoms with E-state index in [4.69, 9.17) is 34.8 Å².